The maximum absolute atomic E-state index is 5.45. The Hall–Kier alpha value is -0.980. The molecule has 78 valence electrons. The second kappa shape index (κ2) is 5.04. The molecule has 0 saturated carbocycles. The average molecular weight is 199 g/mol. The van der Waals surface area contributed by atoms with Gasteiger partial charge < -0.3 is 19.3 Å². The number of nitrogens with one attached hydrogen (secondary N) is 1. The Morgan fingerprint density at radius 3 is 3.36 bits per heavy atom. The number of morpholine rings is 1. The molecule has 1 atom stereocenters. The first-order valence-corrected chi connectivity index (χ1v) is 4.60. The zero-order chi connectivity index (χ0) is 9.64. The van der Waals surface area contributed by atoms with Crippen LogP contribution in [0.2, 0.25) is 0 Å². The normalized spacial score (nSPS) is 22.4. The predicted molar refractivity (Wildman–Crippen MR) is 46.6 cm³/mol. The summed E-state index contributed by atoms with van der Waals surface area (Å²) in [6.07, 6.45) is 1.42. The number of hydrogen-bond donors (Lipinski definition) is 1. The van der Waals surface area contributed by atoms with Crippen molar-refractivity contribution >= 4 is 0 Å². The molecule has 0 aliphatic carbocycles. The molecule has 6 heteroatoms. The van der Waals surface area contributed by atoms with Crippen LogP contribution in [0.25, 0.3) is 0 Å². The highest BCUT2D eigenvalue weighted by atomic mass is 16.5. The van der Waals surface area contributed by atoms with Crippen molar-refractivity contribution in [1.29, 1.82) is 0 Å². The summed E-state index contributed by atoms with van der Waals surface area (Å²) in [4.78, 5) is 3.84. The van der Waals surface area contributed by atoms with Gasteiger partial charge in [0.2, 0.25) is 6.39 Å². The van der Waals surface area contributed by atoms with Crippen molar-refractivity contribution in [2.24, 2.45) is 0 Å². The van der Waals surface area contributed by atoms with Crippen molar-refractivity contribution in [3.8, 4) is 0 Å². The van der Waals surface area contributed by atoms with Crippen molar-refractivity contribution in [3.05, 3.63) is 12.2 Å². The first-order valence-electron chi connectivity index (χ1n) is 4.60. The molecule has 1 aliphatic rings. The van der Waals surface area contributed by atoms with Gasteiger partial charge in [0, 0.05) is 13.1 Å². The summed E-state index contributed by atoms with van der Waals surface area (Å²) in [7, 11) is 0. The number of aromatic nitrogens is 2. The molecular formula is C8H13N3O3. The second-order valence-electron chi connectivity index (χ2n) is 3.06. The molecule has 1 saturated heterocycles. The molecule has 2 heterocycles. The summed E-state index contributed by atoms with van der Waals surface area (Å²) in [6, 6.07) is 0. The quantitative estimate of drug-likeness (QED) is 0.710. The van der Waals surface area contributed by atoms with Crippen molar-refractivity contribution < 1.29 is 14.0 Å². The standard InChI is InChI=1S/C8H13N3O3/c1-2-13-7(3-9-1)4-12-5-8-10-6-14-11-8/h6-7,9H,1-5H2. The van der Waals surface area contributed by atoms with Crippen molar-refractivity contribution in [2.45, 2.75) is 12.7 Å². The van der Waals surface area contributed by atoms with E-state index in [2.05, 4.69) is 20.0 Å². The van der Waals surface area contributed by atoms with Gasteiger partial charge in [-0.3, -0.25) is 0 Å². The Bertz CT molecular complexity index is 246. The Balaban J connectivity index is 1.62. The molecule has 0 amide bonds. The molecule has 1 unspecified atom stereocenters. The van der Waals surface area contributed by atoms with E-state index in [0.29, 0.717) is 19.0 Å². The molecule has 1 aromatic heterocycles. The molecular weight excluding hydrogens is 186 g/mol. The molecule has 0 spiro atoms. The van der Waals surface area contributed by atoms with Crippen LogP contribution in [0.15, 0.2) is 10.9 Å². The number of ether oxygens (including phenoxy) is 2. The first kappa shape index (κ1) is 9.57. The fraction of sp³-hybridized carbons (Fsp3) is 0.750. The van der Waals surface area contributed by atoms with E-state index in [9.17, 15) is 0 Å². The topological polar surface area (TPSA) is 69.4 Å². The Morgan fingerprint density at radius 2 is 2.64 bits per heavy atom. The zero-order valence-electron chi connectivity index (χ0n) is 7.81. The van der Waals surface area contributed by atoms with Crippen LogP contribution in [0.4, 0.5) is 0 Å². The van der Waals surface area contributed by atoms with Crippen LogP contribution >= 0.6 is 0 Å². The van der Waals surface area contributed by atoms with Gasteiger partial charge in [-0.1, -0.05) is 5.16 Å². The third kappa shape index (κ3) is 2.76. The third-order valence-corrected chi connectivity index (χ3v) is 1.95. The fourth-order valence-corrected chi connectivity index (χ4v) is 1.26. The summed E-state index contributed by atoms with van der Waals surface area (Å²) in [5.74, 6) is 0.564. The lowest BCUT2D eigenvalue weighted by Crippen LogP contribution is -2.40. The van der Waals surface area contributed by atoms with Gasteiger partial charge in [0.15, 0.2) is 5.82 Å². The third-order valence-electron chi connectivity index (χ3n) is 1.95. The van der Waals surface area contributed by atoms with E-state index in [0.717, 1.165) is 19.7 Å². The van der Waals surface area contributed by atoms with Gasteiger partial charge in [-0.25, -0.2) is 0 Å². The van der Waals surface area contributed by atoms with Crippen LogP contribution in [0.3, 0.4) is 0 Å². The summed E-state index contributed by atoms with van der Waals surface area (Å²) in [5, 5.41) is 6.86. The van der Waals surface area contributed by atoms with E-state index in [-0.39, 0.29) is 6.10 Å². The highest BCUT2D eigenvalue weighted by Gasteiger charge is 2.13. The molecule has 1 N–H and O–H groups in total. The predicted octanol–water partition coefficient (Wildman–Crippen LogP) is -0.425. The maximum Gasteiger partial charge on any atom is 0.213 e. The van der Waals surface area contributed by atoms with Gasteiger partial charge in [0.05, 0.1) is 19.3 Å². The van der Waals surface area contributed by atoms with E-state index < -0.39 is 0 Å². The van der Waals surface area contributed by atoms with Crippen molar-refractivity contribution in [2.75, 3.05) is 26.3 Å². The SMILES string of the molecule is c1nc(COCC2CNCCO2)no1. The molecule has 1 aromatic rings. The molecule has 0 bridgehead atoms. The van der Waals surface area contributed by atoms with E-state index in [1.165, 1.54) is 6.39 Å². The fourth-order valence-electron chi connectivity index (χ4n) is 1.26. The Labute approximate surface area is 81.6 Å². The van der Waals surface area contributed by atoms with Gasteiger partial charge in [0.1, 0.15) is 6.61 Å². The summed E-state index contributed by atoms with van der Waals surface area (Å²) in [6.45, 7) is 3.43. The first-order chi connectivity index (χ1) is 6.95. The molecule has 0 radical (unpaired) electrons. The maximum atomic E-state index is 5.45. The minimum atomic E-state index is 0.135. The molecule has 1 aliphatic heterocycles. The second-order valence-corrected chi connectivity index (χ2v) is 3.06. The monoisotopic (exact) mass is 199 g/mol. The zero-order valence-corrected chi connectivity index (χ0v) is 7.81. The number of hydrogen-bond acceptors (Lipinski definition) is 6. The van der Waals surface area contributed by atoms with Crippen LogP contribution in [-0.4, -0.2) is 42.5 Å². The highest BCUT2D eigenvalue weighted by molar-refractivity contribution is 4.73. The average Bonchev–Trinajstić information content (AvgIpc) is 2.72. The molecule has 0 aromatic carbocycles. The summed E-state index contributed by atoms with van der Waals surface area (Å²) in [5.41, 5.74) is 0. The lowest BCUT2D eigenvalue weighted by molar-refractivity contribution is -0.0371. The largest absolute Gasteiger partial charge is 0.373 e. The molecule has 14 heavy (non-hydrogen) atoms. The van der Waals surface area contributed by atoms with E-state index in [1.807, 2.05) is 0 Å². The van der Waals surface area contributed by atoms with E-state index in [4.69, 9.17) is 9.47 Å². The van der Waals surface area contributed by atoms with Crippen LogP contribution < -0.4 is 5.32 Å². The molecule has 1 fully saturated rings. The molecule has 6 nitrogen and oxygen atoms in total. The van der Waals surface area contributed by atoms with Crippen LogP contribution in [0, 0.1) is 0 Å². The van der Waals surface area contributed by atoms with Gasteiger partial charge in [0.25, 0.3) is 0 Å². The summed E-state index contributed by atoms with van der Waals surface area (Å²) < 4.78 is 15.4. The van der Waals surface area contributed by atoms with Crippen LogP contribution in [0.1, 0.15) is 5.82 Å². The number of rotatable bonds is 4. The minimum absolute atomic E-state index is 0.135. The van der Waals surface area contributed by atoms with E-state index >= 15 is 0 Å². The Morgan fingerprint density at radius 1 is 1.64 bits per heavy atom. The Kier molecular flexibility index (Phi) is 3.44. The van der Waals surface area contributed by atoms with Crippen LogP contribution in [0.5, 0.6) is 0 Å². The van der Waals surface area contributed by atoms with Crippen LogP contribution in [-0.2, 0) is 16.1 Å². The van der Waals surface area contributed by atoms with Crippen molar-refractivity contribution in [3.63, 3.8) is 0 Å². The van der Waals surface area contributed by atoms with Gasteiger partial charge in [-0.15, -0.1) is 0 Å². The van der Waals surface area contributed by atoms with Gasteiger partial charge >= 0.3 is 0 Å². The van der Waals surface area contributed by atoms with Crippen molar-refractivity contribution in [1.82, 2.24) is 15.5 Å². The smallest absolute Gasteiger partial charge is 0.213 e. The lowest BCUT2D eigenvalue weighted by Gasteiger charge is -2.22. The van der Waals surface area contributed by atoms with Gasteiger partial charge in [-0.2, -0.15) is 4.98 Å². The minimum Gasteiger partial charge on any atom is -0.373 e. The summed E-state index contributed by atoms with van der Waals surface area (Å²) >= 11 is 0. The van der Waals surface area contributed by atoms with E-state index in [1.54, 1.807) is 0 Å². The highest BCUT2D eigenvalue weighted by Crippen LogP contribution is 1.99. The van der Waals surface area contributed by atoms with Gasteiger partial charge in [-0.05, 0) is 0 Å². The molecule has 2 rings (SSSR count). The number of nitrogens with zero attached hydrogens (tertiary/aromatic N) is 2. The lowest BCUT2D eigenvalue weighted by atomic mass is 10.3.